The van der Waals surface area contributed by atoms with Crippen LogP contribution in [0.2, 0.25) is 0 Å². The Balaban J connectivity index is 1.95. The minimum absolute atomic E-state index is 0.120. The molecule has 0 bridgehead atoms. The van der Waals surface area contributed by atoms with E-state index < -0.39 is 24.1 Å². The normalized spacial score (nSPS) is 12.7. The third-order valence-corrected chi connectivity index (χ3v) is 5.29. The van der Waals surface area contributed by atoms with Crippen LogP contribution in [0.3, 0.4) is 0 Å². The van der Waals surface area contributed by atoms with Gasteiger partial charge in [0.1, 0.15) is 17.7 Å². The van der Waals surface area contributed by atoms with E-state index in [1.165, 1.54) is 11.3 Å². The second-order valence-corrected chi connectivity index (χ2v) is 8.30. The molecule has 2 atom stereocenters. The number of alkyl carbamates (subject to hydrolysis) is 1. The fraction of sp³-hybridized carbons (Fsp3) is 0.455. The maximum Gasteiger partial charge on any atom is 0.408 e. The Morgan fingerprint density at radius 2 is 1.77 bits per heavy atom. The van der Waals surface area contributed by atoms with Gasteiger partial charge < -0.3 is 20.1 Å². The SMILES string of the molecule is CCOC(=O)c1csc(C(C)NC(=O)[C@H](CC(C)C)NC(=O)OCc2ccccc2)n1. The molecule has 0 spiro atoms. The van der Waals surface area contributed by atoms with Gasteiger partial charge in [-0.3, -0.25) is 4.79 Å². The molecule has 1 aromatic carbocycles. The van der Waals surface area contributed by atoms with Gasteiger partial charge in [0.2, 0.25) is 5.91 Å². The van der Waals surface area contributed by atoms with E-state index in [-0.39, 0.29) is 30.7 Å². The fourth-order valence-electron chi connectivity index (χ4n) is 2.77. The molecule has 0 aliphatic rings. The molecule has 0 fully saturated rings. The predicted molar refractivity (Wildman–Crippen MR) is 118 cm³/mol. The number of thiazole rings is 1. The van der Waals surface area contributed by atoms with Crippen LogP contribution < -0.4 is 10.6 Å². The van der Waals surface area contributed by atoms with Crippen LogP contribution in [0, 0.1) is 5.92 Å². The lowest BCUT2D eigenvalue weighted by molar-refractivity contribution is -0.124. The number of ether oxygens (including phenoxy) is 2. The number of amides is 2. The van der Waals surface area contributed by atoms with Crippen molar-refractivity contribution in [3.05, 3.63) is 52.0 Å². The van der Waals surface area contributed by atoms with Gasteiger partial charge in [0, 0.05) is 5.38 Å². The van der Waals surface area contributed by atoms with Crippen molar-refractivity contribution < 1.29 is 23.9 Å². The number of hydrogen-bond acceptors (Lipinski definition) is 7. The van der Waals surface area contributed by atoms with Gasteiger partial charge in [-0.25, -0.2) is 14.6 Å². The van der Waals surface area contributed by atoms with Crippen molar-refractivity contribution in [2.75, 3.05) is 6.61 Å². The number of benzene rings is 1. The summed E-state index contributed by atoms with van der Waals surface area (Å²) in [7, 11) is 0. The van der Waals surface area contributed by atoms with E-state index in [0.29, 0.717) is 11.4 Å². The highest BCUT2D eigenvalue weighted by Gasteiger charge is 2.25. The van der Waals surface area contributed by atoms with Crippen molar-refractivity contribution in [1.82, 2.24) is 15.6 Å². The van der Waals surface area contributed by atoms with Crippen LogP contribution in [0.15, 0.2) is 35.7 Å². The summed E-state index contributed by atoms with van der Waals surface area (Å²) in [5, 5.41) is 7.68. The van der Waals surface area contributed by atoms with Gasteiger partial charge in [0.05, 0.1) is 12.6 Å². The van der Waals surface area contributed by atoms with Crippen LogP contribution in [0.4, 0.5) is 4.79 Å². The van der Waals surface area contributed by atoms with Gasteiger partial charge in [-0.15, -0.1) is 11.3 Å². The number of hydrogen-bond donors (Lipinski definition) is 2. The van der Waals surface area contributed by atoms with E-state index in [4.69, 9.17) is 9.47 Å². The lowest BCUT2D eigenvalue weighted by Crippen LogP contribution is -2.48. The first-order valence-electron chi connectivity index (χ1n) is 10.2. The predicted octanol–water partition coefficient (Wildman–Crippen LogP) is 3.84. The van der Waals surface area contributed by atoms with Crippen LogP contribution in [-0.2, 0) is 20.9 Å². The molecule has 0 aliphatic carbocycles. The molecule has 1 heterocycles. The number of nitrogens with zero attached hydrogens (tertiary/aromatic N) is 1. The number of nitrogens with one attached hydrogen (secondary N) is 2. The zero-order valence-electron chi connectivity index (χ0n) is 18.2. The topological polar surface area (TPSA) is 107 Å². The highest BCUT2D eigenvalue weighted by molar-refractivity contribution is 7.09. The third-order valence-electron chi connectivity index (χ3n) is 4.26. The minimum Gasteiger partial charge on any atom is -0.461 e. The van der Waals surface area contributed by atoms with E-state index >= 15 is 0 Å². The molecule has 8 nitrogen and oxygen atoms in total. The Morgan fingerprint density at radius 3 is 2.42 bits per heavy atom. The van der Waals surface area contributed by atoms with Gasteiger partial charge in [-0.05, 0) is 31.7 Å². The van der Waals surface area contributed by atoms with Gasteiger partial charge in [0.25, 0.3) is 0 Å². The summed E-state index contributed by atoms with van der Waals surface area (Å²) in [6.07, 6.45) is -0.207. The van der Waals surface area contributed by atoms with Crippen molar-refractivity contribution in [3.63, 3.8) is 0 Å². The molecule has 9 heteroatoms. The first kappa shape index (κ1) is 24.3. The number of carbonyl (C=O) groups excluding carboxylic acids is 3. The largest absolute Gasteiger partial charge is 0.461 e. The fourth-order valence-corrected chi connectivity index (χ4v) is 3.57. The van der Waals surface area contributed by atoms with E-state index in [2.05, 4.69) is 15.6 Å². The number of rotatable bonds is 10. The standard InChI is InChI=1S/C22H29N3O5S/c1-5-29-21(27)18-13-31-20(24-18)15(4)23-19(26)17(11-14(2)3)25-22(28)30-12-16-9-7-6-8-10-16/h6-10,13-15,17H,5,11-12H2,1-4H3,(H,23,26)(H,25,28)/t15?,17-/m0/s1. The Bertz CT molecular complexity index is 869. The Kier molecular flexibility index (Phi) is 9.45. The third kappa shape index (κ3) is 8.01. The summed E-state index contributed by atoms with van der Waals surface area (Å²) in [5.41, 5.74) is 1.07. The molecule has 2 rings (SSSR count). The molecule has 0 saturated carbocycles. The minimum atomic E-state index is -0.754. The second-order valence-electron chi connectivity index (χ2n) is 7.41. The summed E-state index contributed by atoms with van der Waals surface area (Å²) in [4.78, 5) is 41.1. The molecule has 0 radical (unpaired) electrons. The maximum absolute atomic E-state index is 12.8. The quantitative estimate of drug-likeness (QED) is 0.536. The van der Waals surface area contributed by atoms with Gasteiger partial charge in [-0.2, -0.15) is 0 Å². The highest BCUT2D eigenvalue weighted by atomic mass is 32.1. The molecule has 1 unspecified atom stereocenters. The van der Waals surface area contributed by atoms with Crippen LogP contribution in [0.5, 0.6) is 0 Å². The molecule has 2 amide bonds. The summed E-state index contributed by atoms with van der Waals surface area (Å²) in [6.45, 7) is 7.81. The van der Waals surface area contributed by atoms with E-state index in [1.807, 2.05) is 44.2 Å². The summed E-state index contributed by atoms with van der Waals surface area (Å²) in [5.74, 6) is -0.662. The average molecular weight is 448 g/mol. The molecule has 2 aromatic rings. The number of esters is 1. The van der Waals surface area contributed by atoms with Crippen LogP contribution >= 0.6 is 11.3 Å². The van der Waals surface area contributed by atoms with Crippen molar-refractivity contribution >= 4 is 29.3 Å². The molecule has 1 aromatic heterocycles. The highest BCUT2D eigenvalue weighted by Crippen LogP contribution is 2.19. The van der Waals surface area contributed by atoms with Crippen molar-refractivity contribution in [3.8, 4) is 0 Å². The zero-order chi connectivity index (χ0) is 22.8. The summed E-state index contributed by atoms with van der Waals surface area (Å²) < 4.78 is 10.2. The van der Waals surface area contributed by atoms with Crippen molar-refractivity contribution in [2.24, 2.45) is 5.92 Å². The molecular weight excluding hydrogens is 418 g/mol. The van der Waals surface area contributed by atoms with E-state index in [9.17, 15) is 14.4 Å². The Labute approximate surface area is 186 Å². The van der Waals surface area contributed by atoms with E-state index in [0.717, 1.165) is 5.56 Å². The number of carbonyl (C=O) groups is 3. The average Bonchev–Trinajstić information content (AvgIpc) is 3.23. The Morgan fingerprint density at radius 1 is 1.06 bits per heavy atom. The van der Waals surface area contributed by atoms with Gasteiger partial charge >= 0.3 is 12.1 Å². The van der Waals surface area contributed by atoms with Crippen LogP contribution in [0.1, 0.15) is 61.2 Å². The monoisotopic (exact) mass is 447 g/mol. The first-order chi connectivity index (χ1) is 14.8. The molecule has 2 N–H and O–H groups in total. The molecule has 31 heavy (non-hydrogen) atoms. The number of aromatic nitrogens is 1. The summed E-state index contributed by atoms with van der Waals surface area (Å²) >= 11 is 1.26. The van der Waals surface area contributed by atoms with Crippen LogP contribution in [0.25, 0.3) is 0 Å². The van der Waals surface area contributed by atoms with Crippen molar-refractivity contribution in [1.29, 1.82) is 0 Å². The summed E-state index contributed by atoms with van der Waals surface area (Å²) in [6, 6.07) is 8.12. The zero-order valence-corrected chi connectivity index (χ0v) is 19.0. The molecule has 168 valence electrons. The molecule has 0 aliphatic heterocycles. The Hall–Kier alpha value is -2.94. The molecular formula is C22H29N3O5S. The van der Waals surface area contributed by atoms with Crippen molar-refractivity contribution in [2.45, 2.75) is 52.8 Å². The van der Waals surface area contributed by atoms with Gasteiger partial charge in [-0.1, -0.05) is 44.2 Å². The lowest BCUT2D eigenvalue weighted by Gasteiger charge is -2.22. The van der Waals surface area contributed by atoms with Crippen LogP contribution in [-0.4, -0.2) is 35.6 Å². The maximum atomic E-state index is 12.8. The lowest BCUT2D eigenvalue weighted by atomic mass is 10.0. The van der Waals surface area contributed by atoms with E-state index in [1.54, 1.807) is 19.2 Å². The van der Waals surface area contributed by atoms with Gasteiger partial charge in [0.15, 0.2) is 5.69 Å². The smallest absolute Gasteiger partial charge is 0.408 e. The molecule has 0 saturated heterocycles. The second kappa shape index (κ2) is 12.0. The first-order valence-corrected chi connectivity index (χ1v) is 11.1.